The molecule has 1 heterocycles. The molecular formula is C13H25ClN4O. The Bertz CT molecular complexity index is 381. The molecule has 0 aliphatic rings. The van der Waals surface area contributed by atoms with Crippen molar-refractivity contribution in [3.8, 4) is 0 Å². The Morgan fingerprint density at radius 2 is 2.21 bits per heavy atom. The fourth-order valence-corrected chi connectivity index (χ4v) is 2.33. The van der Waals surface area contributed by atoms with Crippen molar-refractivity contribution in [2.45, 2.75) is 52.6 Å². The van der Waals surface area contributed by atoms with Gasteiger partial charge in [-0.3, -0.25) is 16.0 Å². The van der Waals surface area contributed by atoms with Gasteiger partial charge in [-0.25, -0.2) is 0 Å². The van der Waals surface area contributed by atoms with Crippen LogP contribution in [0.25, 0.3) is 0 Å². The van der Waals surface area contributed by atoms with Gasteiger partial charge in [-0.1, -0.05) is 11.6 Å². The molecule has 0 aliphatic heterocycles. The van der Waals surface area contributed by atoms with Gasteiger partial charge in [0.2, 0.25) is 0 Å². The predicted molar refractivity (Wildman–Crippen MR) is 78.2 cm³/mol. The molecule has 6 heteroatoms. The number of nitrogens with two attached hydrogens (primary N) is 1. The minimum absolute atomic E-state index is 0.194. The second-order valence-electron chi connectivity index (χ2n) is 4.57. The summed E-state index contributed by atoms with van der Waals surface area (Å²) in [5.41, 5.74) is 4.79. The summed E-state index contributed by atoms with van der Waals surface area (Å²) in [6, 6.07) is 0.194. The van der Waals surface area contributed by atoms with E-state index in [1.807, 2.05) is 18.5 Å². The van der Waals surface area contributed by atoms with Gasteiger partial charge >= 0.3 is 0 Å². The molecule has 1 aromatic rings. The summed E-state index contributed by atoms with van der Waals surface area (Å²) in [6.07, 6.45) is 2.73. The van der Waals surface area contributed by atoms with Crippen LogP contribution < -0.4 is 11.3 Å². The number of halogens is 1. The molecule has 110 valence electrons. The number of hydrogen-bond donors (Lipinski definition) is 2. The lowest BCUT2D eigenvalue weighted by atomic mass is 10.1. The Morgan fingerprint density at radius 1 is 1.47 bits per heavy atom. The summed E-state index contributed by atoms with van der Waals surface area (Å²) in [7, 11) is 0. The molecule has 0 saturated carbocycles. The number of ether oxygens (including phenoxy) is 1. The molecule has 19 heavy (non-hydrogen) atoms. The Balaban J connectivity index is 2.59. The zero-order valence-electron chi connectivity index (χ0n) is 12.1. The summed E-state index contributed by atoms with van der Waals surface area (Å²) >= 11 is 6.30. The van der Waals surface area contributed by atoms with Gasteiger partial charge in [0.05, 0.1) is 16.4 Å². The minimum atomic E-state index is 0.194. The Hall–Kier alpha value is -0.620. The third kappa shape index (κ3) is 4.76. The first kappa shape index (κ1) is 16.4. The summed E-state index contributed by atoms with van der Waals surface area (Å²) in [6.45, 7) is 8.34. The Labute approximate surface area is 120 Å². The highest BCUT2D eigenvalue weighted by atomic mass is 35.5. The topological polar surface area (TPSA) is 65.1 Å². The maximum absolute atomic E-state index is 6.30. The third-order valence-corrected chi connectivity index (χ3v) is 3.67. The van der Waals surface area contributed by atoms with Gasteiger partial charge < -0.3 is 4.74 Å². The standard InChI is InChI=1S/C13H25ClN4O/c1-4-18-12(13(14)10(3)17-18)9-11(16-15)7-6-8-19-5-2/h11,16H,4-9,15H2,1-3H3. The van der Waals surface area contributed by atoms with E-state index >= 15 is 0 Å². The van der Waals surface area contributed by atoms with E-state index in [9.17, 15) is 0 Å². The second kappa shape index (κ2) is 8.53. The van der Waals surface area contributed by atoms with Gasteiger partial charge in [0.25, 0.3) is 0 Å². The second-order valence-corrected chi connectivity index (χ2v) is 4.95. The van der Waals surface area contributed by atoms with E-state index in [0.29, 0.717) is 0 Å². The normalized spacial score (nSPS) is 12.9. The van der Waals surface area contributed by atoms with Crippen LogP contribution in [-0.2, 0) is 17.7 Å². The lowest BCUT2D eigenvalue weighted by Gasteiger charge is -2.16. The quantitative estimate of drug-likeness (QED) is 0.415. The van der Waals surface area contributed by atoms with Crippen molar-refractivity contribution in [2.75, 3.05) is 13.2 Å². The highest BCUT2D eigenvalue weighted by Crippen LogP contribution is 2.22. The average Bonchev–Trinajstić information content (AvgIpc) is 2.69. The zero-order valence-corrected chi connectivity index (χ0v) is 12.8. The van der Waals surface area contributed by atoms with E-state index in [0.717, 1.165) is 55.4 Å². The number of aryl methyl sites for hydroxylation is 2. The van der Waals surface area contributed by atoms with Crippen LogP contribution in [0.2, 0.25) is 5.02 Å². The fourth-order valence-electron chi connectivity index (χ4n) is 2.12. The SMILES string of the molecule is CCOCCCC(Cc1c(Cl)c(C)nn1CC)NN. The molecular weight excluding hydrogens is 264 g/mol. The maximum atomic E-state index is 6.30. The molecule has 1 atom stereocenters. The lowest BCUT2D eigenvalue weighted by Crippen LogP contribution is -2.37. The van der Waals surface area contributed by atoms with Crippen molar-refractivity contribution < 1.29 is 4.74 Å². The highest BCUT2D eigenvalue weighted by molar-refractivity contribution is 6.31. The first-order valence-corrected chi connectivity index (χ1v) is 7.27. The van der Waals surface area contributed by atoms with Gasteiger partial charge in [0, 0.05) is 32.2 Å². The monoisotopic (exact) mass is 288 g/mol. The molecule has 0 radical (unpaired) electrons. The first-order valence-electron chi connectivity index (χ1n) is 6.89. The van der Waals surface area contributed by atoms with Crippen molar-refractivity contribution in [1.82, 2.24) is 15.2 Å². The molecule has 0 fully saturated rings. The van der Waals surface area contributed by atoms with Crippen LogP contribution in [0.5, 0.6) is 0 Å². The molecule has 0 saturated heterocycles. The van der Waals surface area contributed by atoms with Crippen LogP contribution in [0.1, 0.15) is 38.1 Å². The molecule has 1 rings (SSSR count). The predicted octanol–water partition coefficient (Wildman–Crippen LogP) is 2.06. The molecule has 3 N–H and O–H groups in total. The van der Waals surface area contributed by atoms with Crippen molar-refractivity contribution in [2.24, 2.45) is 5.84 Å². The van der Waals surface area contributed by atoms with E-state index in [4.69, 9.17) is 22.2 Å². The molecule has 0 spiro atoms. The summed E-state index contributed by atoms with van der Waals surface area (Å²) in [5, 5.41) is 5.17. The highest BCUT2D eigenvalue weighted by Gasteiger charge is 2.17. The number of nitrogens with zero attached hydrogens (tertiary/aromatic N) is 2. The molecule has 0 aromatic carbocycles. The third-order valence-electron chi connectivity index (χ3n) is 3.17. The fraction of sp³-hybridized carbons (Fsp3) is 0.769. The van der Waals surface area contributed by atoms with E-state index in [-0.39, 0.29) is 6.04 Å². The van der Waals surface area contributed by atoms with E-state index in [1.54, 1.807) is 0 Å². The number of hydrazine groups is 1. The van der Waals surface area contributed by atoms with Crippen LogP contribution in [0.3, 0.4) is 0 Å². The number of rotatable bonds is 9. The van der Waals surface area contributed by atoms with Gasteiger partial charge in [-0.2, -0.15) is 5.10 Å². The largest absolute Gasteiger partial charge is 0.382 e. The molecule has 0 aliphatic carbocycles. The van der Waals surface area contributed by atoms with Crippen LogP contribution in [0, 0.1) is 6.92 Å². The van der Waals surface area contributed by atoms with Crippen molar-refractivity contribution in [1.29, 1.82) is 0 Å². The molecule has 1 unspecified atom stereocenters. The molecule has 0 amide bonds. The average molecular weight is 289 g/mol. The van der Waals surface area contributed by atoms with Gasteiger partial charge in [0.15, 0.2) is 0 Å². The van der Waals surface area contributed by atoms with Gasteiger partial charge in [-0.15, -0.1) is 0 Å². The minimum Gasteiger partial charge on any atom is -0.382 e. The summed E-state index contributed by atoms with van der Waals surface area (Å²) in [4.78, 5) is 0. The summed E-state index contributed by atoms with van der Waals surface area (Å²) in [5.74, 6) is 5.62. The van der Waals surface area contributed by atoms with Crippen LogP contribution in [0.15, 0.2) is 0 Å². The van der Waals surface area contributed by atoms with Crippen LogP contribution in [-0.4, -0.2) is 29.0 Å². The van der Waals surface area contributed by atoms with E-state index in [1.165, 1.54) is 0 Å². The molecule has 1 aromatic heterocycles. The Kier molecular flexibility index (Phi) is 7.38. The molecule has 5 nitrogen and oxygen atoms in total. The number of aromatic nitrogens is 2. The van der Waals surface area contributed by atoms with Gasteiger partial charge in [-0.05, 0) is 33.6 Å². The zero-order chi connectivity index (χ0) is 14.3. The van der Waals surface area contributed by atoms with Crippen LogP contribution >= 0.6 is 11.6 Å². The van der Waals surface area contributed by atoms with Crippen molar-refractivity contribution >= 4 is 11.6 Å². The Morgan fingerprint density at radius 3 is 2.79 bits per heavy atom. The van der Waals surface area contributed by atoms with Crippen LogP contribution in [0.4, 0.5) is 0 Å². The number of hydrogen-bond acceptors (Lipinski definition) is 4. The lowest BCUT2D eigenvalue weighted by molar-refractivity contribution is 0.140. The van der Waals surface area contributed by atoms with Gasteiger partial charge in [0.1, 0.15) is 0 Å². The number of nitrogens with one attached hydrogen (secondary N) is 1. The van der Waals surface area contributed by atoms with E-state index in [2.05, 4.69) is 17.4 Å². The first-order chi connectivity index (χ1) is 9.13. The molecule has 0 bridgehead atoms. The van der Waals surface area contributed by atoms with Crippen molar-refractivity contribution in [3.05, 3.63) is 16.4 Å². The van der Waals surface area contributed by atoms with E-state index < -0.39 is 0 Å². The summed E-state index contributed by atoms with van der Waals surface area (Å²) < 4.78 is 7.29. The van der Waals surface area contributed by atoms with Crippen molar-refractivity contribution in [3.63, 3.8) is 0 Å². The maximum Gasteiger partial charge on any atom is 0.0847 e. The smallest absolute Gasteiger partial charge is 0.0847 e.